The molecule has 1 aliphatic rings. The van der Waals surface area contributed by atoms with Crippen LogP contribution in [0.5, 0.6) is 0 Å². The van der Waals surface area contributed by atoms with Gasteiger partial charge in [0.25, 0.3) is 0 Å². The van der Waals surface area contributed by atoms with E-state index >= 15 is 0 Å². The Labute approximate surface area is 270 Å². The monoisotopic (exact) mass is 620 g/mol. The lowest BCUT2D eigenvalue weighted by molar-refractivity contribution is 0.0942. The zero-order valence-electron chi connectivity index (χ0n) is 25.9. The number of pyridine rings is 2. The molecule has 0 aliphatic carbocycles. The van der Waals surface area contributed by atoms with Crippen LogP contribution in [0.15, 0.2) is 120 Å². The van der Waals surface area contributed by atoms with Gasteiger partial charge in [0.2, 0.25) is 0 Å². The van der Waals surface area contributed by atoms with Crippen LogP contribution in [0.1, 0.15) is 5.56 Å². The van der Waals surface area contributed by atoms with E-state index in [0.717, 1.165) is 60.9 Å². The van der Waals surface area contributed by atoms with Crippen LogP contribution < -0.4 is 10.6 Å². The lowest BCUT2D eigenvalue weighted by atomic mass is 10.0. The fraction of sp³-hybridized carbons (Fsp3) is 0.158. The molecule has 47 heavy (non-hydrogen) atoms. The van der Waals surface area contributed by atoms with E-state index in [0.29, 0.717) is 26.2 Å². The zero-order valence-corrected chi connectivity index (χ0v) is 25.9. The van der Waals surface area contributed by atoms with Gasteiger partial charge in [-0.3, -0.25) is 19.1 Å². The van der Waals surface area contributed by atoms with Crippen molar-refractivity contribution in [2.75, 3.05) is 31.1 Å². The van der Waals surface area contributed by atoms with E-state index in [4.69, 9.17) is 9.72 Å². The SMILES string of the molecule is Cn1c(=O)n(-c2ccc(N3CCN(C(=O)OCc4ccccc4)CC3)cc2)c2c3cc(-c4cnc5ccccc5c4)ccc3ncc21. The topological polar surface area (TPSA) is 85.5 Å². The first-order valence-electron chi connectivity index (χ1n) is 15.7. The Bertz CT molecular complexity index is 2320. The van der Waals surface area contributed by atoms with E-state index in [1.165, 1.54) is 0 Å². The van der Waals surface area contributed by atoms with Crippen molar-refractivity contribution in [2.24, 2.45) is 7.05 Å². The number of anilines is 1. The van der Waals surface area contributed by atoms with Crippen molar-refractivity contribution in [3.8, 4) is 16.8 Å². The highest BCUT2D eigenvalue weighted by molar-refractivity contribution is 6.05. The van der Waals surface area contributed by atoms with Crippen molar-refractivity contribution in [3.63, 3.8) is 0 Å². The molecule has 1 fully saturated rings. The summed E-state index contributed by atoms with van der Waals surface area (Å²) in [5, 5.41) is 1.97. The van der Waals surface area contributed by atoms with Crippen LogP contribution in [0.25, 0.3) is 49.7 Å². The van der Waals surface area contributed by atoms with Gasteiger partial charge >= 0.3 is 11.8 Å². The summed E-state index contributed by atoms with van der Waals surface area (Å²) in [5.74, 6) is 0. The number of para-hydroxylation sites is 1. The van der Waals surface area contributed by atoms with Gasteiger partial charge in [-0.2, -0.15) is 0 Å². The van der Waals surface area contributed by atoms with Crippen LogP contribution >= 0.6 is 0 Å². The van der Waals surface area contributed by atoms with Gasteiger partial charge in [-0.25, -0.2) is 9.59 Å². The zero-order chi connectivity index (χ0) is 31.9. The van der Waals surface area contributed by atoms with Crippen molar-refractivity contribution in [1.82, 2.24) is 24.0 Å². The summed E-state index contributed by atoms with van der Waals surface area (Å²) < 4.78 is 8.95. The molecule has 1 saturated heterocycles. The average Bonchev–Trinajstić information content (AvgIpc) is 3.40. The van der Waals surface area contributed by atoms with Crippen LogP contribution in [-0.4, -0.2) is 56.3 Å². The van der Waals surface area contributed by atoms with E-state index < -0.39 is 0 Å². The number of aromatic nitrogens is 4. The Morgan fingerprint density at radius 3 is 2.28 bits per heavy atom. The second-order valence-corrected chi connectivity index (χ2v) is 11.8. The molecule has 4 heterocycles. The third kappa shape index (κ3) is 5.25. The number of ether oxygens (including phenoxy) is 1. The van der Waals surface area contributed by atoms with Crippen LogP contribution in [0.2, 0.25) is 0 Å². The normalized spacial score (nSPS) is 13.5. The number of benzene rings is 4. The molecule has 3 aromatic heterocycles. The largest absolute Gasteiger partial charge is 0.445 e. The molecule has 1 amide bonds. The Morgan fingerprint density at radius 2 is 1.47 bits per heavy atom. The van der Waals surface area contributed by atoms with Crippen molar-refractivity contribution in [2.45, 2.75) is 6.61 Å². The number of nitrogens with zero attached hydrogens (tertiary/aromatic N) is 6. The number of aryl methyl sites for hydroxylation is 1. The van der Waals surface area contributed by atoms with Gasteiger partial charge in [-0.1, -0.05) is 54.6 Å². The summed E-state index contributed by atoms with van der Waals surface area (Å²) in [6, 6.07) is 34.1. The third-order valence-electron chi connectivity index (χ3n) is 9.02. The molecule has 0 radical (unpaired) electrons. The van der Waals surface area contributed by atoms with Crippen LogP contribution in [0, 0.1) is 0 Å². The van der Waals surface area contributed by atoms with Crippen LogP contribution in [0.4, 0.5) is 10.5 Å². The molecule has 0 bridgehead atoms. The number of piperazine rings is 1. The van der Waals surface area contributed by atoms with Gasteiger partial charge < -0.3 is 14.5 Å². The molecule has 0 spiro atoms. The summed E-state index contributed by atoms with van der Waals surface area (Å²) in [6.07, 6.45) is 3.37. The van der Waals surface area contributed by atoms with Gasteiger partial charge in [0.05, 0.1) is 34.0 Å². The summed E-state index contributed by atoms with van der Waals surface area (Å²) in [7, 11) is 1.78. The Balaban J connectivity index is 1.06. The minimum absolute atomic E-state index is 0.137. The van der Waals surface area contributed by atoms with Crippen LogP contribution in [0.3, 0.4) is 0 Å². The van der Waals surface area contributed by atoms with Crippen molar-refractivity contribution < 1.29 is 9.53 Å². The second kappa shape index (κ2) is 11.8. The van der Waals surface area contributed by atoms with E-state index in [9.17, 15) is 9.59 Å². The van der Waals surface area contributed by atoms with Crippen molar-refractivity contribution >= 4 is 44.6 Å². The average molecular weight is 621 g/mol. The summed E-state index contributed by atoms with van der Waals surface area (Å²) >= 11 is 0. The smallest absolute Gasteiger partial charge is 0.410 e. The van der Waals surface area contributed by atoms with Gasteiger partial charge in [0, 0.05) is 61.4 Å². The highest BCUT2D eigenvalue weighted by Gasteiger charge is 2.23. The summed E-state index contributed by atoms with van der Waals surface area (Å²) in [5.41, 5.74) is 7.99. The molecular weight excluding hydrogens is 588 g/mol. The van der Waals surface area contributed by atoms with Gasteiger partial charge in [0.15, 0.2) is 0 Å². The minimum atomic E-state index is -0.291. The number of hydrogen-bond donors (Lipinski definition) is 0. The quantitative estimate of drug-likeness (QED) is 0.217. The molecule has 4 aromatic carbocycles. The maximum Gasteiger partial charge on any atom is 0.410 e. The number of amides is 1. The molecule has 0 unspecified atom stereocenters. The van der Waals surface area contributed by atoms with E-state index in [2.05, 4.69) is 34.1 Å². The molecule has 0 N–H and O–H groups in total. The van der Waals surface area contributed by atoms with Gasteiger partial charge in [0.1, 0.15) is 6.61 Å². The second-order valence-electron chi connectivity index (χ2n) is 11.8. The summed E-state index contributed by atoms with van der Waals surface area (Å²) in [6.45, 7) is 2.80. The molecule has 0 atom stereocenters. The molecule has 1 aliphatic heterocycles. The first-order valence-corrected chi connectivity index (χ1v) is 15.7. The number of hydrogen-bond acceptors (Lipinski definition) is 6. The predicted molar refractivity (Wildman–Crippen MR) is 185 cm³/mol. The van der Waals surface area contributed by atoms with E-state index in [-0.39, 0.29) is 18.4 Å². The van der Waals surface area contributed by atoms with Crippen molar-refractivity contribution in [1.29, 1.82) is 0 Å². The first-order chi connectivity index (χ1) is 23.0. The van der Waals surface area contributed by atoms with Gasteiger partial charge in [-0.15, -0.1) is 0 Å². The lowest BCUT2D eigenvalue weighted by Crippen LogP contribution is -2.48. The van der Waals surface area contributed by atoms with Crippen molar-refractivity contribution in [3.05, 3.63) is 132 Å². The fourth-order valence-corrected chi connectivity index (χ4v) is 6.42. The standard InChI is InChI=1S/C38H32N6O3/c1-41-35-24-40-34-16-11-27(29-21-28-9-5-6-10-33(28)39-23-29)22-32(34)36(35)44(37(41)45)31-14-12-30(13-15-31)42-17-19-43(20-18-42)38(46)47-25-26-7-3-2-4-8-26/h2-16,21-24H,17-20,25H2,1H3. The molecule has 8 rings (SSSR count). The minimum Gasteiger partial charge on any atom is -0.445 e. The number of imidazole rings is 1. The van der Waals surface area contributed by atoms with E-state index in [1.807, 2.05) is 85.1 Å². The highest BCUT2D eigenvalue weighted by Crippen LogP contribution is 2.31. The maximum absolute atomic E-state index is 13.7. The summed E-state index contributed by atoms with van der Waals surface area (Å²) in [4.78, 5) is 39.7. The molecule has 232 valence electrons. The highest BCUT2D eigenvalue weighted by atomic mass is 16.6. The molecule has 7 aromatic rings. The van der Waals surface area contributed by atoms with Gasteiger partial charge in [-0.05, 0) is 59.7 Å². The van der Waals surface area contributed by atoms with E-state index in [1.54, 1.807) is 27.3 Å². The predicted octanol–water partition coefficient (Wildman–Crippen LogP) is 6.55. The number of fused-ring (bicyclic) bond motifs is 4. The lowest BCUT2D eigenvalue weighted by Gasteiger charge is -2.35. The maximum atomic E-state index is 13.7. The Morgan fingerprint density at radius 1 is 0.745 bits per heavy atom. The molecular formula is C38H32N6O3. The number of carbonyl (C=O) groups excluding carboxylic acids is 1. The third-order valence-corrected chi connectivity index (χ3v) is 9.02. The molecule has 0 saturated carbocycles. The fourth-order valence-electron chi connectivity index (χ4n) is 6.42. The number of rotatable bonds is 5. The Kier molecular flexibility index (Phi) is 7.13. The molecule has 9 heteroatoms. The number of carbonyl (C=O) groups is 1. The van der Waals surface area contributed by atoms with Crippen LogP contribution in [-0.2, 0) is 18.4 Å². The first kappa shape index (κ1) is 28.5. The molecule has 9 nitrogen and oxygen atoms in total. The Hall–Kier alpha value is -5.96.